The van der Waals surface area contributed by atoms with E-state index in [1.165, 1.54) is 42.6 Å². The van der Waals surface area contributed by atoms with Crippen molar-refractivity contribution in [2.24, 2.45) is 0 Å². The van der Waals surface area contributed by atoms with Crippen molar-refractivity contribution in [3.63, 3.8) is 0 Å². The van der Waals surface area contributed by atoms with E-state index in [0.29, 0.717) is 17.7 Å². The van der Waals surface area contributed by atoms with Crippen LogP contribution in [-0.4, -0.2) is 30.5 Å². The van der Waals surface area contributed by atoms with E-state index < -0.39 is 4.92 Å². The second kappa shape index (κ2) is 8.66. The van der Waals surface area contributed by atoms with Crippen molar-refractivity contribution < 1.29 is 9.72 Å². The third kappa shape index (κ3) is 4.84. The molecule has 0 radical (unpaired) electrons. The molecule has 27 heavy (non-hydrogen) atoms. The van der Waals surface area contributed by atoms with Crippen molar-refractivity contribution in [3.8, 4) is 0 Å². The molecule has 3 rings (SSSR count). The Labute approximate surface area is 159 Å². The first-order valence-electron chi connectivity index (χ1n) is 9.42. The summed E-state index contributed by atoms with van der Waals surface area (Å²) < 4.78 is 0. The van der Waals surface area contributed by atoms with Gasteiger partial charge in [-0.25, -0.2) is 0 Å². The number of hydrogen-bond acceptors (Lipinski definition) is 4. The van der Waals surface area contributed by atoms with Crippen LogP contribution in [0.25, 0.3) is 0 Å². The molecule has 1 aliphatic rings. The molecule has 2 aromatic rings. The van der Waals surface area contributed by atoms with Crippen molar-refractivity contribution in [1.29, 1.82) is 0 Å². The van der Waals surface area contributed by atoms with E-state index in [0.717, 1.165) is 19.5 Å². The van der Waals surface area contributed by atoms with Gasteiger partial charge in [0.1, 0.15) is 0 Å². The van der Waals surface area contributed by atoms with Gasteiger partial charge >= 0.3 is 0 Å². The summed E-state index contributed by atoms with van der Waals surface area (Å²) in [6.45, 7) is 4.42. The highest BCUT2D eigenvalue weighted by molar-refractivity contribution is 5.94. The molecular formula is C21H25N3O3. The minimum atomic E-state index is -0.440. The van der Waals surface area contributed by atoms with Crippen LogP contribution in [0.1, 0.15) is 40.7 Å². The van der Waals surface area contributed by atoms with E-state index in [-0.39, 0.29) is 11.6 Å². The van der Waals surface area contributed by atoms with E-state index in [1.54, 1.807) is 13.0 Å². The van der Waals surface area contributed by atoms with E-state index in [1.807, 2.05) is 0 Å². The number of piperidine rings is 1. The van der Waals surface area contributed by atoms with Crippen LogP contribution < -0.4 is 10.2 Å². The zero-order valence-corrected chi connectivity index (χ0v) is 15.6. The predicted molar refractivity (Wildman–Crippen MR) is 106 cm³/mol. The lowest BCUT2D eigenvalue weighted by Gasteiger charge is -2.28. The molecule has 0 atom stereocenters. The molecule has 0 saturated carbocycles. The van der Waals surface area contributed by atoms with Crippen molar-refractivity contribution >= 4 is 17.3 Å². The molecule has 1 fully saturated rings. The Bertz CT molecular complexity index is 812. The quantitative estimate of drug-likeness (QED) is 0.621. The van der Waals surface area contributed by atoms with Crippen molar-refractivity contribution in [3.05, 3.63) is 69.3 Å². The third-order valence-electron chi connectivity index (χ3n) is 5.01. The number of hydrogen-bond donors (Lipinski definition) is 1. The molecule has 2 aromatic carbocycles. The van der Waals surface area contributed by atoms with Crippen LogP contribution in [-0.2, 0) is 6.42 Å². The van der Waals surface area contributed by atoms with E-state index in [9.17, 15) is 14.9 Å². The molecule has 1 N–H and O–H groups in total. The number of benzene rings is 2. The molecular weight excluding hydrogens is 342 g/mol. The smallest absolute Gasteiger partial charge is 0.272 e. The standard InChI is InChI=1S/C21H25N3O3/c1-16-15-18(7-10-20(16)24(26)27)21(25)22-12-11-17-5-8-19(9-6-17)23-13-3-2-4-14-23/h5-10,15H,2-4,11-14H2,1H3,(H,22,25). The molecule has 1 saturated heterocycles. The van der Waals surface area contributed by atoms with Gasteiger partial charge in [0.25, 0.3) is 11.6 Å². The second-order valence-corrected chi connectivity index (χ2v) is 6.98. The number of carbonyl (C=O) groups excluding carboxylic acids is 1. The highest BCUT2D eigenvalue weighted by atomic mass is 16.6. The summed E-state index contributed by atoms with van der Waals surface area (Å²) in [5, 5.41) is 13.7. The summed E-state index contributed by atoms with van der Waals surface area (Å²) in [5.41, 5.74) is 3.40. The Kier molecular flexibility index (Phi) is 6.06. The Morgan fingerprint density at radius 1 is 1.11 bits per heavy atom. The maximum absolute atomic E-state index is 12.2. The van der Waals surface area contributed by atoms with Gasteiger partial charge in [-0.2, -0.15) is 0 Å². The molecule has 0 spiro atoms. The van der Waals surface area contributed by atoms with Crippen LogP contribution in [0.5, 0.6) is 0 Å². The van der Waals surface area contributed by atoms with Crippen LogP contribution >= 0.6 is 0 Å². The Morgan fingerprint density at radius 3 is 2.44 bits per heavy atom. The normalized spacial score (nSPS) is 14.0. The molecule has 1 aliphatic heterocycles. The molecule has 6 heteroatoms. The molecule has 1 amide bonds. The summed E-state index contributed by atoms with van der Waals surface area (Å²) >= 11 is 0. The number of nitrogens with zero attached hydrogens (tertiary/aromatic N) is 2. The van der Waals surface area contributed by atoms with Crippen LogP contribution in [0.15, 0.2) is 42.5 Å². The van der Waals surface area contributed by atoms with Crippen LogP contribution in [0, 0.1) is 17.0 Å². The molecule has 0 bridgehead atoms. The third-order valence-corrected chi connectivity index (χ3v) is 5.01. The molecule has 142 valence electrons. The number of nitrogens with one attached hydrogen (secondary N) is 1. The van der Waals surface area contributed by atoms with Gasteiger partial charge in [-0.3, -0.25) is 14.9 Å². The predicted octanol–water partition coefficient (Wildman–Crippen LogP) is 3.87. The molecule has 0 aromatic heterocycles. The number of aryl methyl sites for hydroxylation is 1. The van der Waals surface area contributed by atoms with Crippen LogP contribution in [0.4, 0.5) is 11.4 Å². The SMILES string of the molecule is Cc1cc(C(=O)NCCc2ccc(N3CCCCC3)cc2)ccc1[N+](=O)[O-]. The summed E-state index contributed by atoms with van der Waals surface area (Å²) in [5.74, 6) is -0.210. The number of amides is 1. The zero-order chi connectivity index (χ0) is 19.2. The minimum absolute atomic E-state index is 0.0281. The first kappa shape index (κ1) is 18.9. The summed E-state index contributed by atoms with van der Waals surface area (Å²) in [6.07, 6.45) is 4.59. The first-order chi connectivity index (χ1) is 13.0. The van der Waals surface area contributed by atoms with Gasteiger partial charge in [0.15, 0.2) is 0 Å². The van der Waals surface area contributed by atoms with E-state index in [2.05, 4.69) is 34.5 Å². The number of nitro benzene ring substituents is 1. The lowest BCUT2D eigenvalue weighted by molar-refractivity contribution is -0.385. The highest BCUT2D eigenvalue weighted by Crippen LogP contribution is 2.21. The fourth-order valence-corrected chi connectivity index (χ4v) is 3.45. The molecule has 0 aliphatic carbocycles. The number of nitro groups is 1. The Balaban J connectivity index is 1.51. The zero-order valence-electron chi connectivity index (χ0n) is 15.6. The lowest BCUT2D eigenvalue weighted by atomic mass is 10.1. The largest absolute Gasteiger partial charge is 0.372 e. The maximum Gasteiger partial charge on any atom is 0.272 e. The van der Waals surface area contributed by atoms with Gasteiger partial charge in [-0.05, 0) is 62.4 Å². The molecule has 1 heterocycles. The minimum Gasteiger partial charge on any atom is -0.372 e. The second-order valence-electron chi connectivity index (χ2n) is 6.98. The maximum atomic E-state index is 12.2. The molecule has 6 nitrogen and oxygen atoms in total. The average molecular weight is 367 g/mol. The topological polar surface area (TPSA) is 75.5 Å². The van der Waals surface area contributed by atoms with Gasteiger partial charge in [0.2, 0.25) is 0 Å². The van der Waals surface area contributed by atoms with E-state index >= 15 is 0 Å². The van der Waals surface area contributed by atoms with Gasteiger partial charge in [-0.15, -0.1) is 0 Å². The Morgan fingerprint density at radius 2 is 1.81 bits per heavy atom. The van der Waals surface area contributed by atoms with Gasteiger partial charge < -0.3 is 10.2 Å². The van der Waals surface area contributed by atoms with E-state index in [4.69, 9.17) is 0 Å². The monoisotopic (exact) mass is 367 g/mol. The number of rotatable bonds is 6. The van der Waals surface area contributed by atoms with Gasteiger partial charge in [0, 0.05) is 42.5 Å². The fourth-order valence-electron chi connectivity index (χ4n) is 3.45. The average Bonchev–Trinajstić information content (AvgIpc) is 2.68. The Hall–Kier alpha value is -2.89. The fraction of sp³-hybridized carbons (Fsp3) is 0.381. The van der Waals surface area contributed by atoms with Gasteiger partial charge in [-0.1, -0.05) is 12.1 Å². The first-order valence-corrected chi connectivity index (χ1v) is 9.42. The highest BCUT2D eigenvalue weighted by Gasteiger charge is 2.14. The summed E-state index contributed by atoms with van der Waals surface area (Å²) in [7, 11) is 0. The molecule has 0 unspecified atom stereocenters. The van der Waals surface area contributed by atoms with Crippen molar-refractivity contribution in [2.45, 2.75) is 32.6 Å². The van der Waals surface area contributed by atoms with Crippen molar-refractivity contribution in [1.82, 2.24) is 5.32 Å². The van der Waals surface area contributed by atoms with Gasteiger partial charge in [0.05, 0.1) is 4.92 Å². The summed E-state index contributed by atoms with van der Waals surface area (Å²) in [4.78, 5) is 25.1. The van der Waals surface area contributed by atoms with Crippen molar-refractivity contribution in [2.75, 3.05) is 24.5 Å². The summed E-state index contributed by atoms with van der Waals surface area (Å²) in [6, 6.07) is 13.0. The van der Waals surface area contributed by atoms with Crippen LogP contribution in [0.2, 0.25) is 0 Å². The lowest BCUT2D eigenvalue weighted by Crippen LogP contribution is -2.29. The van der Waals surface area contributed by atoms with Crippen LogP contribution in [0.3, 0.4) is 0 Å². The number of carbonyl (C=O) groups is 1. The number of anilines is 1.